The first kappa shape index (κ1) is 8.91. The molecule has 0 unspecified atom stereocenters. The summed E-state index contributed by atoms with van der Waals surface area (Å²) in [6.07, 6.45) is 1.98. The summed E-state index contributed by atoms with van der Waals surface area (Å²) in [5, 5.41) is 19.4. The predicted molar refractivity (Wildman–Crippen MR) is 47.0 cm³/mol. The molecule has 3 aliphatic rings. The van der Waals surface area contributed by atoms with Gasteiger partial charge >= 0.3 is 0 Å². The Morgan fingerprint density at radius 2 is 2.31 bits per heavy atom. The van der Waals surface area contributed by atoms with Gasteiger partial charge in [0.1, 0.15) is 0 Å². The molecule has 0 aromatic heterocycles. The van der Waals surface area contributed by atoms with Crippen molar-refractivity contribution >= 4 is 5.78 Å². The number of aliphatic hydroxyl groups is 2. The van der Waals surface area contributed by atoms with Gasteiger partial charge in [0.25, 0.3) is 0 Å². The Bertz CT molecular complexity index is 307. The van der Waals surface area contributed by atoms with E-state index in [2.05, 4.69) is 0 Å². The SMILES string of the molecule is CC1=CC(=O)[C@@H]2C[C@@]1(O)[C@@]2(C)CO. The van der Waals surface area contributed by atoms with Crippen LogP contribution in [-0.2, 0) is 4.79 Å². The second kappa shape index (κ2) is 2.22. The lowest BCUT2D eigenvalue weighted by Gasteiger charge is -2.61. The van der Waals surface area contributed by atoms with E-state index >= 15 is 0 Å². The minimum Gasteiger partial charge on any atom is -0.396 e. The molecule has 3 atom stereocenters. The summed E-state index contributed by atoms with van der Waals surface area (Å²) in [4.78, 5) is 11.5. The molecule has 0 aromatic carbocycles. The molecule has 1 fully saturated rings. The van der Waals surface area contributed by atoms with Crippen LogP contribution in [0.15, 0.2) is 11.6 Å². The van der Waals surface area contributed by atoms with E-state index in [0.29, 0.717) is 12.0 Å². The Labute approximate surface area is 77.1 Å². The van der Waals surface area contributed by atoms with Crippen molar-refractivity contribution in [3.63, 3.8) is 0 Å². The van der Waals surface area contributed by atoms with Crippen molar-refractivity contribution in [3.05, 3.63) is 11.6 Å². The summed E-state index contributed by atoms with van der Waals surface area (Å²) >= 11 is 0. The van der Waals surface area contributed by atoms with Crippen molar-refractivity contribution in [2.75, 3.05) is 6.61 Å². The predicted octanol–water partition coefficient (Wildman–Crippen LogP) is 0.265. The quantitative estimate of drug-likeness (QED) is 0.611. The Balaban J connectivity index is 2.49. The Morgan fingerprint density at radius 1 is 1.69 bits per heavy atom. The molecule has 3 nitrogen and oxygen atoms in total. The molecule has 2 bridgehead atoms. The number of allylic oxidation sites excluding steroid dienone is 1. The van der Waals surface area contributed by atoms with E-state index in [1.807, 2.05) is 0 Å². The van der Waals surface area contributed by atoms with Crippen molar-refractivity contribution in [1.29, 1.82) is 0 Å². The molecule has 0 saturated heterocycles. The molecule has 2 N–H and O–H groups in total. The van der Waals surface area contributed by atoms with Gasteiger partial charge in [-0.2, -0.15) is 0 Å². The van der Waals surface area contributed by atoms with Gasteiger partial charge in [-0.1, -0.05) is 6.92 Å². The highest BCUT2D eigenvalue weighted by atomic mass is 16.3. The van der Waals surface area contributed by atoms with E-state index in [9.17, 15) is 15.0 Å². The summed E-state index contributed by atoms with van der Waals surface area (Å²) in [5.41, 5.74) is -0.903. The van der Waals surface area contributed by atoms with Crippen LogP contribution in [0.5, 0.6) is 0 Å². The average Bonchev–Trinajstić information content (AvgIpc) is 2.09. The smallest absolute Gasteiger partial charge is 0.159 e. The maximum Gasteiger partial charge on any atom is 0.159 e. The first-order valence-electron chi connectivity index (χ1n) is 4.51. The number of ketones is 1. The van der Waals surface area contributed by atoms with Crippen LogP contribution in [0.4, 0.5) is 0 Å². The van der Waals surface area contributed by atoms with Gasteiger partial charge in [-0.25, -0.2) is 0 Å². The largest absolute Gasteiger partial charge is 0.396 e. The minimum atomic E-state index is -0.944. The highest BCUT2D eigenvalue weighted by Gasteiger charge is 2.66. The lowest BCUT2D eigenvalue weighted by Crippen LogP contribution is -2.68. The molecule has 0 amide bonds. The molecule has 3 rings (SSSR count). The lowest BCUT2D eigenvalue weighted by atomic mass is 9.45. The molecule has 0 aromatic rings. The molecule has 1 saturated carbocycles. The van der Waals surface area contributed by atoms with Crippen LogP contribution in [0.1, 0.15) is 20.3 Å². The van der Waals surface area contributed by atoms with Crippen LogP contribution in [0, 0.1) is 11.3 Å². The van der Waals surface area contributed by atoms with E-state index in [1.165, 1.54) is 6.08 Å². The molecule has 3 aliphatic carbocycles. The van der Waals surface area contributed by atoms with E-state index in [-0.39, 0.29) is 18.3 Å². The third kappa shape index (κ3) is 0.747. The zero-order valence-corrected chi connectivity index (χ0v) is 7.87. The van der Waals surface area contributed by atoms with Gasteiger partial charge in [-0.05, 0) is 25.0 Å². The van der Waals surface area contributed by atoms with Crippen LogP contribution in [-0.4, -0.2) is 28.2 Å². The second-order valence-corrected chi connectivity index (χ2v) is 4.42. The lowest BCUT2D eigenvalue weighted by molar-refractivity contribution is -0.203. The minimum absolute atomic E-state index is 0.0463. The summed E-state index contributed by atoms with van der Waals surface area (Å²) < 4.78 is 0. The molecule has 0 heterocycles. The van der Waals surface area contributed by atoms with Crippen molar-refractivity contribution in [2.45, 2.75) is 25.9 Å². The maximum absolute atomic E-state index is 11.5. The van der Waals surface area contributed by atoms with Crippen molar-refractivity contribution in [1.82, 2.24) is 0 Å². The number of hydrogen-bond donors (Lipinski definition) is 2. The van der Waals surface area contributed by atoms with Crippen LogP contribution >= 0.6 is 0 Å². The third-order valence-electron chi connectivity index (χ3n) is 3.90. The monoisotopic (exact) mass is 182 g/mol. The van der Waals surface area contributed by atoms with Gasteiger partial charge in [0, 0.05) is 11.3 Å². The highest BCUT2D eigenvalue weighted by Crippen LogP contribution is 2.60. The summed E-state index contributed by atoms with van der Waals surface area (Å²) in [7, 11) is 0. The van der Waals surface area contributed by atoms with E-state index in [4.69, 9.17) is 0 Å². The van der Waals surface area contributed by atoms with Gasteiger partial charge in [-0.15, -0.1) is 0 Å². The first-order valence-corrected chi connectivity index (χ1v) is 4.51. The maximum atomic E-state index is 11.5. The van der Waals surface area contributed by atoms with Crippen LogP contribution in [0.3, 0.4) is 0 Å². The molecular formula is C10H14O3. The topological polar surface area (TPSA) is 57.5 Å². The molecule has 3 heteroatoms. The standard InChI is InChI=1S/C10H14O3/c1-6-3-8(12)7-4-10(6,13)9(7,2)5-11/h3,7,11,13H,4-5H2,1-2H3/t7-,9-,10-/m0/s1. The van der Waals surface area contributed by atoms with Crippen molar-refractivity contribution in [3.8, 4) is 0 Å². The van der Waals surface area contributed by atoms with Gasteiger partial charge in [0.2, 0.25) is 0 Å². The number of fused-ring (bicyclic) bond motifs is 1. The van der Waals surface area contributed by atoms with Crippen molar-refractivity contribution in [2.24, 2.45) is 11.3 Å². The van der Waals surface area contributed by atoms with Gasteiger partial charge in [-0.3, -0.25) is 4.79 Å². The molecular weight excluding hydrogens is 168 g/mol. The number of carbonyl (C=O) groups excluding carboxylic acids is 1. The molecule has 0 spiro atoms. The summed E-state index contributed by atoms with van der Waals surface area (Å²) in [5.74, 6) is -0.142. The van der Waals surface area contributed by atoms with Crippen LogP contribution in [0.25, 0.3) is 0 Å². The Hall–Kier alpha value is -0.670. The fourth-order valence-corrected chi connectivity index (χ4v) is 2.61. The normalized spacial score (nSPS) is 48.5. The van der Waals surface area contributed by atoms with Crippen LogP contribution in [0.2, 0.25) is 0 Å². The Morgan fingerprint density at radius 3 is 2.77 bits per heavy atom. The third-order valence-corrected chi connectivity index (χ3v) is 3.90. The zero-order chi connectivity index (χ0) is 9.85. The zero-order valence-electron chi connectivity index (χ0n) is 7.87. The van der Waals surface area contributed by atoms with E-state index < -0.39 is 11.0 Å². The van der Waals surface area contributed by atoms with E-state index in [0.717, 1.165) is 0 Å². The number of aliphatic hydroxyl groups excluding tert-OH is 1. The Kier molecular flexibility index (Phi) is 1.52. The fourth-order valence-electron chi connectivity index (χ4n) is 2.61. The van der Waals surface area contributed by atoms with Gasteiger partial charge < -0.3 is 10.2 Å². The average molecular weight is 182 g/mol. The second-order valence-electron chi connectivity index (χ2n) is 4.42. The van der Waals surface area contributed by atoms with Gasteiger partial charge in [0.15, 0.2) is 5.78 Å². The summed E-state index contributed by atoms with van der Waals surface area (Å²) in [6.45, 7) is 3.39. The van der Waals surface area contributed by atoms with Gasteiger partial charge in [0.05, 0.1) is 12.2 Å². The van der Waals surface area contributed by atoms with E-state index in [1.54, 1.807) is 13.8 Å². The molecule has 72 valence electrons. The fraction of sp³-hybridized carbons (Fsp3) is 0.700. The number of carbonyl (C=O) groups is 1. The molecule has 13 heavy (non-hydrogen) atoms. The summed E-state index contributed by atoms with van der Waals surface area (Å²) in [6, 6.07) is 0. The molecule has 0 radical (unpaired) electrons. The first-order chi connectivity index (χ1) is 5.95. The van der Waals surface area contributed by atoms with Crippen LogP contribution < -0.4 is 0 Å². The number of hydrogen-bond acceptors (Lipinski definition) is 3. The highest BCUT2D eigenvalue weighted by molar-refractivity contribution is 5.97. The van der Waals surface area contributed by atoms with Crippen molar-refractivity contribution < 1.29 is 15.0 Å². The molecule has 0 aliphatic heterocycles. The number of rotatable bonds is 1.